The number of hydrogen-bond acceptors (Lipinski definition) is 6. The fourth-order valence-corrected chi connectivity index (χ4v) is 3.59. The summed E-state index contributed by atoms with van der Waals surface area (Å²) in [6.07, 6.45) is 0.453. The third-order valence-corrected chi connectivity index (χ3v) is 4.92. The molecule has 0 aliphatic carbocycles. The number of hydrogen-bond donors (Lipinski definition) is 4. The highest BCUT2D eigenvalue weighted by molar-refractivity contribution is 6.45. The van der Waals surface area contributed by atoms with Gasteiger partial charge < -0.3 is 30.6 Å². The van der Waals surface area contributed by atoms with Gasteiger partial charge in [-0.3, -0.25) is 24.0 Å². The highest BCUT2D eigenvalue weighted by atomic mass is 16.5. The number of fused-ring (bicyclic) bond motifs is 1. The number of ketones is 1. The van der Waals surface area contributed by atoms with Crippen LogP contribution in [0.5, 0.6) is 5.75 Å². The first-order valence-corrected chi connectivity index (χ1v) is 10.9. The number of carbonyl (C=O) groups excluding carboxylic acids is 3. The van der Waals surface area contributed by atoms with Crippen LogP contribution >= 0.6 is 0 Å². The van der Waals surface area contributed by atoms with Gasteiger partial charge in [0.05, 0.1) is 16.5 Å². The summed E-state index contributed by atoms with van der Waals surface area (Å²) >= 11 is 0. The van der Waals surface area contributed by atoms with Crippen LogP contribution in [0.4, 0.5) is 0 Å². The molecule has 1 heterocycles. The summed E-state index contributed by atoms with van der Waals surface area (Å²) in [4.78, 5) is 56.1. The predicted molar refractivity (Wildman–Crippen MR) is 130 cm³/mol. The van der Waals surface area contributed by atoms with Gasteiger partial charge in [0.2, 0.25) is 0 Å². The molecule has 0 aliphatic rings. The molecule has 2 amide bonds. The number of aliphatic carboxylic acids is 2. The van der Waals surface area contributed by atoms with Crippen molar-refractivity contribution in [1.82, 2.24) is 9.88 Å². The lowest BCUT2D eigenvalue weighted by Crippen LogP contribution is -2.33. The van der Waals surface area contributed by atoms with Gasteiger partial charge >= 0.3 is 5.97 Å². The number of aromatic nitrogens is 1. The van der Waals surface area contributed by atoms with Gasteiger partial charge in [-0.05, 0) is 24.1 Å². The van der Waals surface area contributed by atoms with Crippen LogP contribution in [0, 0.1) is 0 Å². The van der Waals surface area contributed by atoms with E-state index in [4.69, 9.17) is 25.5 Å². The van der Waals surface area contributed by atoms with Gasteiger partial charge in [-0.25, -0.2) is 0 Å². The maximum absolute atomic E-state index is 12.8. The number of primary amides is 1. The SMILES string of the molecule is CC(=O)O.CCc1c(C(=O)C(N)=O)c2c(OCC(=O)NCC(=O)O)cccc2n1Cc1ccccc1. The van der Waals surface area contributed by atoms with Crippen molar-refractivity contribution in [2.24, 2.45) is 5.73 Å². The molecule has 0 atom stereocenters. The van der Waals surface area contributed by atoms with Gasteiger partial charge in [-0.1, -0.05) is 43.3 Å². The number of carboxylic acids is 2. The highest BCUT2D eigenvalue weighted by Crippen LogP contribution is 2.35. The summed E-state index contributed by atoms with van der Waals surface area (Å²) in [6.45, 7) is 2.41. The Morgan fingerprint density at radius 3 is 2.19 bits per heavy atom. The summed E-state index contributed by atoms with van der Waals surface area (Å²) < 4.78 is 7.55. The van der Waals surface area contributed by atoms with Crippen molar-refractivity contribution in [2.45, 2.75) is 26.8 Å². The minimum absolute atomic E-state index is 0.146. The lowest BCUT2D eigenvalue weighted by molar-refractivity contribution is -0.138. The second-order valence-corrected chi connectivity index (χ2v) is 7.57. The Morgan fingerprint density at radius 2 is 1.64 bits per heavy atom. The minimum Gasteiger partial charge on any atom is -0.483 e. The molecule has 0 aliphatic heterocycles. The average molecular weight is 498 g/mol. The number of carboxylic acid groups (broad SMARTS) is 2. The van der Waals surface area contributed by atoms with E-state index in [9.17, 15) is 19.2 Å². The molecule has 3 rings (SSSR count). The average Bonchev–Trinajstić information content (AvgIpc) is 3.14. The monoisotopic (exact) mass is 497 g/mol. The van der Waals surface area contributed by atoms with E-state index in [0.29, 0.717) is 29.6 Å². The van der Waals surface area contributed by atoms with E-state index >= 15 is 0 Å². The minimum atomic E-state index is -1.18. The van der Waals surface area contributed by atoms with Crippen molar-refractivity contribution in [3.05, 3.63) is 65.4 Å². The number of amides is 2. The second kappa shape index (κ2) is 12.7. The van der Waals surface area contributed by atoms with Crippen LogP contribution in [0.15, 0.2) is 48.5 Å². The third-order valence-electron chi connectivity index (χ3n) is 4.92. The van der Waals surface area contributed by atoms with Crippen LogP contribution in [-0.4, -0.2) is 57.5 Å². The zero-order valence-corrected chi connectivity index (χ0v) is 19.8. The van der Waals surface area contributed by atoms with Gasteiger partial charge in [0.15, 0.2) is 6.61 Å². The van der Waals surface area contributed by atoms with Gasteiger partial charge in [0, 0.05) is 19.2 Å². The fraction of sp³-hybridized carbons (Fsp3) is 0.240. The molecular formula is C25H27N3O8. The molecule has 36 heavy (non-hydrogen) atoms. The van der Waals surface area contributed by atoms with E-state index in [-0.39, 0.29) is 11.3 Å². The molecule has 0 saturated heterocycles. The van der Waals surface area contributed by atoms with Crippen molar-refractivity contribution in [2.75, 3.05) is 13.2 Å². The van der Waals surface area contributed by atoms with Crippen LogP contribution in [0.25, 0.3) is 10.9 Å². The standard InChI is InChI=1S/C23H23N3O6.C2H4O2/c1-2-15-21(22(30)23(24)31)20-16(26(15)12-14-7-4-3-5-8-14)9-6-10-17(20)32-13-18(27)25-11-19(28)29;1-2(3)4/h3-10H,2,11-13H2,1H3,(H2,24,31)(H,25,27)(H,28,29);1H3,(H,3,4). The number of nitrogens with zero attached hydrogens (tertiary/aromatic N) is 1. The quantitative estimate of drug-likeness (QED) is 0.241. The number of Topliss-reactive ketones (excluding diaryl/α,β-unsaturated/α-hetero) is 1. The van der Waals surface area contributed by atoms with Crippen molar-refractivity contribution in [1.29, 1.82) is 0 Å². The lowest BCUT2D eigenvalue weighted by atomic mass is 10.0. The maximum atomic E-state index is 12.8. The summed E-state index contributed by atoms with van der Waals surface area (Å²) in [5.74, 6) is -4.36. The summed E-state index contributed by atoms with van der Waals surface area (Å²) in [5, 5.41) is 18.7. The van der Waals surface area contributed by atoms with E-state index in [1.807, 2.05) is 41.8 Å². The maximum Gasteiger partial charge on any atom is 0.322 e. The van der Waals surface area contributed by atoms with E-state index < -0.39 is 42.7 Å². The van der Waals surface area contributed by atoms with E-state index in [1.54, 1.807) is 18.2 Å². The van der Waals surface area contributed by atoms with Gasteiger partial charge in [0.25, 0.3) is 23.6 Å². The van der Waals surface area contributed by atoms with E-state index in [1.165, 1.54) is 0 Å². The normalized spacial score (nSPS) is 10.2. The van der Waals surface area contributed by atoms with Crippen molar-refractivity contribution >= 4 is 40.4 Å². The molecular weight excluding hydrogens is 470 g/mol. The topological polar surface area (TPSA) is 178 Å². The summed E-state index contributed by atoms with van der Waals surface area (Å²) in [6, 6.07) is 14.7. The van der Waals surface area contributed by atoms with Crippen LogP contribution in [0.2, 0.25) is 0 Å². The number of ether oxygens (including phenoxy) is 1. The zero-order chi connectivity index (χ0) is 26.8. The van der Waals surface area contributed by atoms with Crippen molar-refractivity contribution in [3.8, 4) is 5.75 Å². The molecule has 3 aromatic rings. The first kappa shape index (κ1) is 27.6. The molecule has 2 aromatic carbocycles. The van der Waals surface area contributed by atoms with Gasteiger partial charge in [0.1, 0.15) is 12.3 Å². The first-order chi connectivity index (χ1) is 17.1. The summed E-state index contributed by atoms with van der Waals surface area (Å²) in [5.41, 5.74) is 7.74. The van der Waals surface area contributed by atoms with Crippen molar-refractivity contribution in [3.63, 3.8) is 0 Å². The molecule has 1 aromatic heterocycles. The van der Waals surface area contributed by atoms with Crippen molar-refractivity contribution < 1.29 is 38.9 Å². The molecule has 0 radical (unpaired) electrons. The fourth-order valence-electron chi connectivity index (χ4n) is 3.59. The predicted octanol–water partition coefficient (Wildman–Crippen LogP) is 1.59. The molecule has 190 valence electrons. The third kappa shape index (κ3) is 7.16. The molecule has 0 unspecified atom stereocenters. The number of rotatable bonds is 10. The number of nitrogens with one attached hydrogen (secondary N) is 1. The Kier molecular flexibility index (Phi) is 9.73. The van der Waals surface area contributed by atoms with Crippen LogP contribution in [0.3, 0.4) is 0 Å². The van der Waals surface area contributed by atoms with Gasteiger partial charge in [-0.2, -0.15) is 0 Å². The molecule has 11 heteroatoms. The molecule has 0 bridgehead atoms. The Labute approximate surface area is 206 Å². The van der Waals surface area contributed by atoms with E-state index in [0.717, 1.165) is 12.5 Å². The number of carbonyl (C=O) groups is 5. The Balaban J connectivity index is 0.00000106. The molecule has 0 saturated carbocycles. The van der Waals surface area contributed by atoms with Crippen LogP contribution < -0.4 is 15.8 Å². The molecule has 0 fully saturated rings. The van der Waals surface area contributed by atoms with Crippen LogP contribution in [-0.2, 0) is 32.1 Å². The lowest BCUT2D eigenvalue weighted by Gasteiger charge is -2.11. The smallest absolute Gasteiger partial charge is 0.322 e. The van der Waals surface area contributed by atoms with E-state index in [2.05, 4.69) is 5.32 Å². The largest absolute Gasteiger partial charge is 0.483 e. The Morgan fingerprint density at radius 1 is 1.00 bits per heavy atom. The first-order valence-electron chi connectivity index (χ1n) is 10.9. The molecule has 0 spiro atoms. The Hall–Kier alpha value is -4.67. The van der Waals surface area contributed by atoms with Crippen LogP contribution in [0.1, 0.15) is 35.5 Å². The highest BCUT2D eigenvalue weighted by Gasteiger charge is 2.27. The van der Waals surface area contributed by atoms with Gasteiger partial charge in [-0.15, -0.1) is 0 Å². The number of nitrogens with two attached hydrogens (primary N) is 1. The second-order valence-electron chi connectivity index (χ2n) is 7.57. The zero-order valence-electron chi connectivity index (χ0n) is 19.8. The molecule has 11 nitrogen and oxygen atoms in total. The summed E-state index contributed by atoms with van der Waals surface area (Å²) in [7, 11) is 0. The number of benzene rings is 2. The molecule has 5 N–H and O–H groups in total. The Bertz CT molecular complexity index is 1280.